The molecule has 0 spiro atoms. The number of likely N-dealkylation sites (tertiary alicyclic amines) is 1. The molecule has 1 saturated heterocycles. The fourth-order valence-electron chi connectivity index (χ4n) is 2.67. The molecule has 1 aliphatic heterocycles. The van der Waals surface area contributed by atoms with Gasteiger partial charge in [0.15, 0.2) is 5.96 Å². The Morgan fingerprint density at radius 2 is 2.04 bits per heavy atom. The van der Waals surface area contributed by atoms with Crippen molar-refractivity contribution in [2.45, 2.75) is 33.1 Å². The summed E-state index contributed by atoms with van der Waals surface area (Å²) in [5, 5.41) is 10.0. The summed E-state index contributed by atoms with van der Waals surface area (Å²) in [6.45, 7) is 9.78. The van der Waals surface area contributed by atoms with Gasteiger partial charge in [0.2, 0.25) is 0 Å². The quantitative estimate of drug-likeness (QED) is 0.397. The number of hydrogen-bond donors (Lipinski definition) is 2. The Morgan fingerprint density at radius 3 is 2.65 bits per heavy atom. The van der Waals surface area contributed by atoms with E-state index in [9.17, 15) is 0 Å². The average molecular weight is 451 g/mol. The Hall–Kier alpha value is -0.410. The van der Waals surface area contributed by atoms with Gasteiger partial charge in [-0.05, 0) is 38.8 Å². The minimum Gasteiger partial charge on any atom is -0.356 e. The van der Waals surface area contributed by atoms with E-state index in [2.05, 4.69) is 37.8 Å². The first-order valence-corrected chi connectivity index (χ1v) is 9.13. The Balaban J connectivity index is 0.00000264. The highest BCUT2D eigenvalue weighted by Gasteiger charge is 2.14. The fourth-order valence-corrected chi connectivity index (χ4v) is 3.32. The van der Waals surface area contributed by atoms with Gasteiger partial charge in [0.25, 0.3) is 0 Å². The third kappa shape index (κ3) is 7.80. The highest BCUT2D eigenvalue weighted by atomic mass is 127. The predicted octanol–water partition coefficient (Wildman–Crippen LogP) is 2.51. The molecule has 0 radical (unpaired) electrons. The van der Waals surface area contributed by atoms with Gasteiger partial charge in [-0.1, -0.05) is 6.92 Å². The van der Waals surface area contributed by atoms with E-state index in [1.165, 1.54) is 25.9 Å². The first-order chi connectivity index (χ1) is 10.7. The SMILES string of the molecule is CN=C(NCCc1csc(C)n1)NCCN1CCC(C)CC1.I. The molecular weight excluding hydrogens is 421 g/mol. The minimum atomic E-state index is 0. The topological polar surface area (TPSA) is 52.6 Å². The van der Waals surface area contributed by atoms with Crippen LogP contribution in [0, 0.1) is 12.8 Å². The smallest absolute Gasteiger partial charge is 0.191 e. The van der Waals surface area contributed by atoms with Gasteiger partial charge in [0.1, 0.15) is 0 Å². The van der Waals surface area contributed by atoms with Crippen molar-refractivity contribution < 1.29 is 0 Å². The standard InChI is InChI=1S/C16H29N5S.HI/c1-13-5-9-21(10-6-13)11-8-19-16(17-3)18-7-4-15-12-22-14(2)20-15;/h12-13H,4-11H2,1-3H3,(H2,17,18,19);1H. The van der Waals surface area contributed by atoms with Gasteiger partial charge in [0, 0.05) is 38.5 Å². The molecule has 1 aromatic rings. The van der Waals surface area contributed by atoms with E-state index in [1.54, 1.807) is 11.3 Å². The molecule has 2 heterocycles. The zero-order chi connectivity index (χ0) is 15.8. The summed E-state index contributed by atoms with van der Waals surface area (Å²) in [5.74, 6) is 1.78. The summed E-state index contributed by atoms with van der Waals surface area (Å²) in [7, 11) is 1.82. The van der Waals surface area contributed by atoms with Gasteiger partial charge in [0.05, 0.1) is 10.7 Å². The van der Waals surface area contributed by atoms with Crippen LogP contribution in [0.4, 0.5) is 0 Å². The van der Waals surface area contributed by atoms with Crippen molar-refractivity contribution >= 4 is 41.3 Å². The molecule has 0 amide bonds. The second kappa shape index (κ2) is 11.2. The van der Waals surface area contributed by atoms with Crippen LogP contribution in [0.3, 0.4) is 0 Å². The third-order valence-electron chi connectivity index (χ3n) is 4.16. The molecule has 1 aromatic heterocycles. The van der Waals surface area contributed by atoms with E-state index in [-0.39, 0.29) is 24.0 Å². The van der Waals surface area contributed by atoms with Gasteiger partial charge >= 0.3 is 0 Å². The van der Waals surface area contributed by atoms with Crippen LogP contribution in [-0.2, 0) is 6.42 Å². The molecule has 0 bridgehead atoms. The van der Waals surface area contributed by atoms with Crippen molar-refractivity contribution in [3.63, 3.8) is 0 Å². The van der Waals surface area contributed by atoms with Crippen molar-refractivity contribution in [2.75, 3.05) is 39.8 Å². The normalized spacial score (nSPS) is 16.9. The summed E-state index contributed by atoms with van der Waals surface area (Å²) < 4.78 is 0. The van der Waals surface area contributed by atoms with E-state index >= 15 is 0 Å². The fraction of sp³-hybridized carbons (Fsp3) is 0.750. The van der Waals surface area contributed by atoms with Gasteiger partial charge in [-0.15, -0.1) is 35.3 Å². The Morgan fingerprint density at radius 1 is 1.35 bits per heavy atom. The molecule has 2 rings (SSSR count). The summed E-state index contributed by atoms with van der Waals surface area (Å²) in [6.07, 6.45) is 3.61. The maximum Gasteiger partial charge on any atom is 0.191 e. The predicted molar refractivity (Wildman–Crippen MR) is 110 cm³/mol. The molecule has 0 unspecified atom stereocenters. The van der Waals surface area contributed by atoms with Crippen LogP contribution in [0.1, 0.15) is 30.5 Å². The van der Waals surface area contributed by atoms with Crippen molar-refractivity contribution in [1.82, 2.24) is 20.5 Å². The molecular formula is C16H30IN5S. The maximum absolute atomic E-state index is 4.47. The van der Waals surface area contributed by atoms with Crippen LogP contribution in [0.2, 0.25) is 0 Å². The minimum absolute atomic E-state index is 0. The molecule has 2 N–H and O–H groups in total. The van der Waals surface area contributed by atoms with Crippen molar-refractivity contribution in [3.8, 4) is 0 Å². The number of halogens is 1. The van der Waals surface area contributed by atoms with E-state index in [4.69, 9.17) is 0 Å². The monoisotopic (exact) mass is 451 g/mol. The Kier molecular flexibility index (Phi) is 10.0. The number of thiazole rings is 1. The summed E-state index contributed by atoms with van der Waals surface area (Å²) in [4.78, 5) is 11.3. The lowest BCUT2D eigenvalue weighted by atomic mass is 9.99. The largest absolute Gasteiger partial charge is 0.356 e. The summed E-state index contributed by atoms with van der Waals surface area (Å²) >= 11 is 1.71. The second-order valence-corrected chi connectivity index (χ2v) is 7.12. The van der Waals surface area contributed by atoms with Gasteiger partial charge < -0.3 is 15.5 Å². The first-order valence-electron chi connectivity index (χ1n) is 8.25. The molecule has 5 nitrogen and oxygen atoms in total. The van der Waals surface area contributed by atoms with Crippen LogP contribution in [0.25, 0.3) is 0 Å². The highest BCUT2D eigenvalue weighted by molar-refractivity contribution is 14.0. The summed E-state index contributed by atoms with van der Waals surface area (Å²) in [5.41, 5.74) is 1.16. The molecule has 0 aliphatic carbocycles. The number of nitrogens with zero attached hydrogens (tertiary/aromatic N) is 3. The number of aromatic nitrogens is 1. The zero-order valence-corrected chi connectivity index (χ0v) is 17.6. The van der Waals surface area contributed by atoms with Gasteiger partial charge in [-0.3, -0.25) is 4.99 Å². The Bertz CT molecular complexity index is 469. The molecule has 1 aliphatic rings. The van der Waals surface area contributed by atoms with Crippen molar-refractivity contribution in [1.29, 1.82) is 0 Å². The molecule has 0 saturated carbocycles. The van der Waals surface area contributed by atoms with Gasteiger partial charge in [-0.2, -0.15) is 0 Å². The van der Waals surface area contributed by atoms with Crippen LogP contribution in [0.15, 0.2) is 10.4 Å². The lowest BCUT2D eigenvalue weighted by Gasteiger charge is -2.30. The molecule has 1 fully saturated rings. The van der Waals surface area contributed by atoms with Crippen LogP contribution in [0.5, 0.6) is 0 Å². The van der Waals surface area contributed by atoms with Crippen LogP contribution in [-0.4, -0.2) is 55.6 Å². The van der Waals surface area contributed by atoms with Crippen molar-refractivity contribution in [3.05, 3.63) is 16.1 Å². The maximum atomic E-state index is 4.47. The van der Waals surface area contributed by atoms with E-state index in [0.29, 0.717) is 0 Å². The molecule has 0 aromatic carbocycles. The number of aryl methyl sites for hydroxylation is 1. The van der Waals surface area contributed by atoms with E-state index < -0.39 is 0 Å². The number of nitrogens with one attached hydrogen (secondary N) is 2. The van der Waals surface area contributed by atoms with Crippen LogP contribution >= 0.6 is 35.3 Å². The summed E-state index contributed by atoms with van der Waals surface area (Å²) in [6, 6.07) is 0. The average Bonchev–Trinajstić information content (AvgIpc) is 2.93. The first kappa shape index (κ1) is 20.6. The number of aliphatic imine (C=N–C) groups is 1. The van der Waals surface area contributed by atoms with E-state index in [0.717, 1.165) is 48.6 Å². The molecule has 23 heavy (non-hydrogen) atoms. The van der Waals surface area contributed by atoms with E-state index in [1.807, 2.05) is 14.0 Å². The number of hydrogen-bond acceptors (Lipinski definition) is 4. The lowest BCUT2D eigenvalue weighted by Crippen LogP contribution is -2.43. The van der Waals surface area contributed by atoms with Gasteiger partial charge in [-0.25, -0.2) is 4.98 Å². The molecule has 0 atom stereocenters. The number of guanidine groups is 1. The molecule has 132 valence electrons. The Labute approximate surface area is 161 Å². The zero-order valence-electron chi connectivity index (χ0n) is 14.5. The number of rotatable bonds is 6. The third-order valence-corrected chi connectivity index (χ3v) is 4.98. The lowest BCUT2D eigenvalue weighted by molar-refractivity contribution is 0.195. The number of piperidine rings is 1. The van der Waals surface area contributed by atoms with Crippen molar-refractivity contribution in [2.24, 2.45) is 10.9 Å². The second-order valence-electron chi connectivity index (χ2n) is 6.06. The highest BCUT2D eigenvalue weighted by Crippen LogP contribution is 2.15. The van der Waals surface area contributed by atoms with Crippen LogP contribution < -0.4 is 10.6 Å². The molecule has 7 heteroatoms.